The molecule has 0 spiro atoms. The summed E-state index contributed by atoms with van der Waals surface area (Å²) in [6.45, 7) is 4.77. The van der Waals surface area contributed by atoms with E-state index in [-0.39, 0.29) is 4.90 Å². The van der Waals surface area contributed by atoms with Crippen LogP contribution in [0.3, 0.4) is 0 Å². The van der Waals surface area contributed by atoms with Crippen LogP contribution in [0.1, 0.15) is 11.1 Å². The van der Waals surface area contributed by atoms with Gasteiger partial charge in [0, 0.05) is 11.6 Å². The molecule has 1 aliphatic rings. The number of sulfonamides is 1. The minimum Gasteiger partial charge on any atom is -0.329 e. The van der Waals surface area contributed by atoms with Crippen LogP contribution in [0.2, 0.25) is 0 Å². The van der Waals surface area contributed by atoms with Crippen molar-refractivity contribution >= 4 is 15.7 Å². The van der Waals surface area contributed by atoms with Gasteiger partial charge in [0.1, 0.15) is 6.54 Å². The van der Waals surface area contributed by atoms with Gasteiger partial charge in [-0.15, -0.1) is 0 Å². The molecule has 0 aliphatic carbocycles. The first kappa shape index (κ1) is 19.4. The minimum atomic E-state index is -3.89. The van der Waals surface area contributed by atoms with Crippen molar-refractivity contribution in [3.05, 3.63) is 69.5 Å². The Kier molecular flexibility index (Phi) is 5.54. The van der Waals surface area contributed by atoms with Crippen molar-refractivity contribution in [3.63, 3.8) is 0 Å². The monoisotopic (exact) mass is 394 g/mol. The van der Waals surface area contributed by atoms with Crippen molar-refractivity contribution in [2.75, 3.05) is 26.2 Å². The summed E-state index contributed by atoms with van der Waals surface area (Å²) in [4.78, 5) is 11.0. The lowest BCUT2D eigenvalue weighted by molar-refractivity contribution is -0.917. The number of nitrogens with zero attached hydrogens (tertiary/aromatic N) is 2. The number of halogens is 1. The molecule has 1 N–H and O–H groups in total. The highest BCUT2D eigenvalue weighted by atomic mass is 32.2. The van der Waals surface area contributed by atoms with Crippen molar-refractivity contribution in [3.8, 4) is 0 Å². The summed E-state index contributed by atoms with van der Waals surface area (Å²) < 4.78 is 40.3. The van der Waals surface area contributed by atoms with Crippen LogP contribution < -0.4 is 4.90 Å². The van der Waals surface area contributed by atoms with Gasteiger partial charge in [0.2, 0.25) is 15.8 Å². The molecule has 0 unspecified atom stereocenters. The van der Waals surface area contributed by atoms with E-state index in [1.165, 1.54) is 20.3 Å². The fraction of sp³-hybridized carbons (Fsp3) is 0.333. The topological polar surface area (TPSA) is 85.0 Å². The normalized spacial score (nSPS) is 16.4. The smallest absolute Gasteiger partial charge is 0.306 e. The summed E-state index contributed by atoms with van der Waals surface area (Å²) in [7, 11) is -3.89. The molecule has 2 aromatic carbocycles. The van der Waals surface area contributed by atoms with E-state index in [0.717, 1.165) is 24.7 Å². The second-order valence-corrected chi connectivity index (χ2v) is 8.57. The number of quaternary nitrogens is 1. The zero-order valence-electron chi connectivity index (χ0n) is 14.9. The maximum absolute atomic E-state index is 13.5. The second kappa shape index (κ2) is 7.71. The van der Waals surface area contributed by atoms with Crippen LogP contribution in [0.25, 0.3) is 0 Å². The van der Waals surface area contributed by atoms with E-state index < -0.39 is 26.5 Å². The van der Waals surface area contributed by atoms with Crippen LogP contribution in [0.4, 0.5) is 10.1 Å². The van der Waals surface area contributed by atoms with Crippen molar-refractivity contribution in [1.29, 1.82) is 0 Å². The lowest BCUT2D eigenvalue weighted by Crippen LogP contribution is -3.13. The molecule has 1 fully saturated rings. The van der Waals surface area contributed by atoms with Crippen LogP contribution in [-0.2, 0) is 16.6 Å². The number of nitro benzene ring substituents is 1. The van der Waals surface area contributed by atoms with Crippen molar-refractivity contribution in [2.24, 2.45) is 0 Å². The van der Waals surface area contributed by atoms with E-state index in [4.69, 9.17) is 0 Å². The molecule has 2 aromatic rings. The van der Waals surface area contributed by atoms with E-state index in [1.54, 1.807) is 0 Å². The number of hydrogen-bond acceptors (Lipinski definition) is 4. The van der Waals surface area contributed by atoms with Gasteiger partial charge in [0.05, 0.1) is 36.0 Å². The molecule has 0 atom stereocenters. The fourth-order valence-corrected chi connectivity index (χ4v) is 4.70. The molecule has 0 saturated carbocycles. The lowest BCUT2D eigenvalue weighted by Gasteiger charge is -2.31. The first-order valence-corrected chi connectivity index (χ1v) is 10.0. The number of aryl methyl sites for hydroxylation is 1. The van der Waals surface area contributed by atoms with Gasteiger partial charge in [-0.3, -0.25) is 10.1 Å². The Morgan fingerprint density at radius 3 is 2.48 bits per heavy atom. The number of piperazine rings is 1. The van der Waals surface area contributed by atoms with Crippen molar-refractivity contribution in [1.82, 2.24) is 4.31 Å². The van der Waals surface area contributed by atoms with Gasteiger partial charge < -0.3 is 4.90 Å². The Hall–Kier alpha value is -2.36. The summed E-state index contributed by atoms with van der Waals surface area (Å²) in [5, 5.41) is 10.9. The van der Waals surface area contributed by atoms with Gasteiger partial charge in [0.15, 0.2) is 0 Å². The molecule has 1 heterocycles. The van der Waals surface area contributed by atoms with Crippen LogP contribution in [-0.4, -0.2) is 43.8 Å². The first-order valence-electron chi connectivity index (χ1n) is 8.61. The van der Waals surface area contributed by atoms with Gasteiger partial charge in [-0.05, 0) is 24.6 Å². The van der Waals surface area contributed by atoms with E-state index >= 15 is 0 Å². The molecule has 0 radical (unpaired) electrons. The van der Waals surface area contributed by atoms with Crippen LogP contribution in [0.15, 0.2) is 47.4 Å². The highest BCUT2D eigenvalue weighted by molar-refractivity contribution is 7.89. The number of benzene rings is 2. The molecule has 0 aromatic heterocycles. The SMILES string of the molecule is Cc1ccccc1C[NH+]1CCN(S(=O)(=O)c2ccc(F)c([N+](=O)[O-])c2)CC1. The molecular weight excluding hydrogens is 373 g/mol. The van der Waals surface area contributed by atoms with Gasteiger partial charge in [-0.2, -0.15) is 8.70 Å². The third kappa shape index (κ3) is 4.15. The number of hydrogen-bond donors (Lipinski definition) is 1. The molecule has 144 valence electrons. The Morgan fingerprint density at radius 1 is 1.19 bits per heavy atom. The van der Waals surface area contributed by atoms with Crippen molar-refractivity contribution < 1.29 is 22.6 Å². The summed E-state index contributed by atoms with van der Waals surface area (Å²) in [6.07, 6.45) is 0. The predicted molar refractivity (Wildman–Crippen MR) is 97.4 cm³/mol. The zero-order chi connectivity index (χ0) is 19.6. The van der Waals surface area contributed by atoms with Gasteiger partial charge >= 0.3 is 5.69 Å². The maximum Gasteiger partial charge on any atom is 0.306 e. The Balaban J connectivity index is 1.71. The molecule has 0 bridgehead atoms. The number of rotatable bonds is 5. The number of nitro groups is 1. The summed E-state index contributed by atoms with van der Waals surface area (Å²) in [5.74, 6) is -1.05. The lowest BCUT2D eigenvalue weighted by atomic mass is 10.1. The zero-order valence-corrected chi connectivity index (χ0v) is 15.7. The third-order valence-corrected chi connectivity index (χ3v) is 6.78. The quantitative estimate of drug-likeness (QED) is 0.609. The summed E-state index contributed by atoms with van der Waals surface area (Å²) >= 11 is 0. The molecule has 1 saturated heterocycles. The molecule has 7 nitrogen and oxygen atoms in total. The maximum atomic E-state index is 13.5. The summed E-state index contributed by atoms with van der Waals surface area (Å²) in [5.41, 5.74) is 1.61. The second-order valence-electron chi connectivity index (χ2n) is 6.63. The van der Waals surface area contributed by atoms with Crippen LogP contribution in [0.5, 0.6) is 0 Å². The summed E-state index contributed by atoms with van der Waals surface area (Å²) in [6, 6.07) is 10.8. The predicted octanol–water partition coefficient (Wildman–Crippen LogP) is 1.13. The van der Waals surface area contributed by atoms with E-state index in [2.05, 4.69) is 19.1 Å². The highest BCUT2D eigenvalue weighted by Gasteiger charge is 2.32. The largest absolute Gasteiger partial charge is 0.329 e. The van der Waals surface area contributed by atoms with Crippen LogP contribution in [0, 0.1) is 22.9 Å². The highest BCUT2D eigenvalue weighted by Crippen LogP contribution is 2.24. The molecule has 27 heavy (non-hydrogen) atoms. The van der Waals surface area contributed by atoms with E-state index in [0.29, 0.717) is 26.2 Å². The molecule has 1 aliphatic heterocycles. The van der Waals surface area contributed by atoms with Gasteiger partial charge in [-0.1, -0.05) is 24.3 Å². The third-order valence-electron chi connectivity index (χ3n) is 4.88. The van der Waals surface area contributed by atoms with Crippen LogP contribution >= 0.6 is 0 Å². The van der Waals surface area contributed by atoms with Crippen molar-refractivity contribution in [2.45, 2.75) is 18.4 Å². The van der Waals surface area contributed by atoms with Gasteiger partial charge in [0.25, 0.3) is 0 Å². The van der Waals surface area contributed by atoms with Gasteiger partial charge in [-0.25, -0.2) is 8.42 Å². The average molecular weight is 394 g/mol. The number of nitrogens with one attached hydrogen (secondary N) is 1. The Labute approximate surface area is 157 Å². The van der Waals surface area contributed by atoms with E-state index in [9.17, 15) is 22.9 Å². The molecule has 0 amide bonds. The molecule has 3 rings (SSSR count). The molecule has 9 heteroatoms. The molecular formula is C18H21FN3O4S+. The average Bonchev–Trinajstić information content (AvgIpc) is 2.64. The van der Waals surface area contributed by atoms with E-state index in [1.807, 2.05) is 12.1 Å². The fourth-order valence-electron chi connectivity index (χ4n) is 3.24. The Morgan fingerprint density at radius 2 is 1.85 bits per heavy atom. The minimum absolute atomic E-state index is 0.252. The standard InChI is InChI=1S/C18H20FN3O4S/c1-14-4-2-3-5-15(14)13-20-8-10-21(11-9-20)27(25,26)16-6-7-17(19)18(12-16)22(23)24/h2-7,12H,8-11,13H2,1H3/p+1. The first-order chi connectivity index (χ1) is 12.8. The Bertz CT molecular complexity index is 957.